The van der Waals surface area contributed by atoms with Crippen LogP contribution in [0.1, 0.15) is 10.4 Å². The molecule has 3 aromatic heterocycles. The monoisotopic (exact) mass is 244 g/mol. The number of fused-ring (bicyclic) bond motifs is 1. The van der Waals surface area contributed by atoms with Gasteiger partial charge in [-0.05, 0) is 31.5 Å². The lowest BCUT2D eigenvalue weighted by atomic mass is 10.2. The minimum atomic E-state index is 0.855. The number of aromatic nitrogens is 3. The van der Waals surface area contributed by atoms with Crippen LogP contribution in [0, 0.1) is 13.8 Å². The van der Waals surface area contributed by atoms with Crippen LogP contribution in [0.4, 0.5) is 5.82 Å². The zero-order chi connectivity index (χ0) is 11.8. The van der Waals surface area contributed by atoms with Gasteiger partial charge in [-0.2, -0.15) is 0 Å². The molecule has 0 radical (unpaired) electrons. The number of hydrogen-bond donors (Lipinski definition) is 1. The van der Waals surface area contributed by atoms with Crippen LogP contribution in [0.25, 0.3) is 10.2 Å². The predicted molar refractivity (Wildman–Crippen MR) is 70.3 cm³/mol. The molecule has 0 aliphatic heterocycles. The highest BCUT2D eigenvalue weighted by atomic mass is 32.1. The molecule has 0 saturated carbocycles. The number of aryl methyl sites for hydroxylation is 2. The molecular formula is C12H12N4S. The molecule has 0 amide bonds. The van der Waals surface area contributed by atoms with Crippen molar-refractivity contribution in [2.75, 3.05) is 5.43 Å². The minimum Gasteiger partial charge on any atom is -0.277 e. The van der Waals surface area contributed by atoms with Gasteiger partial charge in [-0.3, -0.25) is 10.1 Å². The van der Waals surface area contributed by atoms with Crippen molar-refractivity contribution in [1.82, 2.24) is 14.6 Å². The molecule has 0 bridgehead atoms. The lowest BCUT2D eigenvalue weighted by Gasteiger charge is -2.07. The van der Waals surface area contributed by atoms with Crippen LogP contribution < -0.4 is 5.43 Å². The number of nitrogens with one attached hydrogen (secondary N) is 1. The summed E-state index contributed by atoms with van der Waals surface area (Å²) in [5, 5.41) is 1.11. The van der Waals surface area contributed by atoms with E-state index in [0.717, 1.165) is 16.0 Å². The highest BCUT2D eigenvalue weighted by Crippen LogP contribution is 2.32. The lowest BCUT2D eigenvalue weighted by molar-refractivity contribution is 0.954. The molecule has 86 valence electrons. The molecule has 1 N–H and O–H groups in total. The Hall–Kier alpha value is -1.88. The van der Waals surface area contributed by atoms with Crippen molar-refractivity contribution in [3.63, 3.8) is 0 Å². The van der Waals surface area contributed by atoms with Gasteiger partial charge >= 0.3 is 0 Å². The van der Waals surface area contributed by atoms with Gasteiger partial charge in [-0.25, -0.2) is 9.97 Å². The molecule has 0 aliphatic carbocycles. The van der Waals surface area contributed by atoms with Gasteiger partial charge in [0, 0.05) is 17.3 Å². The second-order valence-electron chi connectivity index (χ2n) is 3.89. The highest BCUT2D eigenvalue weighted by Gasteiger charge is 2.11. The van der Waals surface area contributed by atoms with E-state index in [0.29, 0.717) is 0 Å². The van der Waals surface area contributed by atoms with Crippen LogP contribution in [-0.2, 0) is 0 Å². The van der Waals surface area contributed by atoms with E-state index >= 15 is 0 Å². The summed E-state index contributed by atoms with van der Waals surface area (Å²) < 4.78 is 1.88. The Labute approximate surface area is 103 Å². The molecule has 0 saturated heterocycles. The van der Waals surface area contributed by atoms with E-state index in [2.05, 4.69) is 29.2 Å². The molecule has 0 unspecified atom stereocenters. The maximum atomic E-state index is 4.32. The third-order valence-corrected chi connectivity index (χ3v) is 3.92. The fourth-order valence-corrected chi connectivity index (χ4v) is 2.80. The fourth-order valence-electron chi connectivity index (χ4n) is 1.80. The summed E-state index contributed by atoms with van der Waals surface area (Å²) in [6.45, 7) is 4.22. The summed E-state index contributed by atoms with van der Waals surface area (Å²) in [5.74, 6) is 0.855. The normalized spacial score (nSPS) is 10.9. The standard InChI is InChI=1S/C12H12N4S/c1-8-9(2)17-12-10(8)11(13-7-14-12)15-16-5-3-4-6-16/h3-7H,1-2H3,(H,13,14,15). The summed E-state index contributed by atoms with van der Waals surface area (Å²) >= 11 is 1.71. The first-order valence-electron chi connectivity index (χ1n) is 5.36. The van der Waals surface area contributed by atoms with Gasteiger partial charge in [-0.1, -0.05) is 0 Å². The number of hydrogen-bond acceptors (Lipinski definition) is 4. The summed E-state index contributed by atoms with van der Waals surface area (Å²) in [6.07, 6.45) is 5.49. The van der Waals surface area contributed by atoms with Gasteiger partial charge < -0.3 is 0 Å². The van der Waals surface area contributed by atoms with Crippen molar-refractivity contribution in [1.29, 1.82) is 0 Å². The molecule has 4 nitrogen and oxygen atoms in total. The van der Waals surface area contributed by atoms with Gasteiger partial charge in [0.15, 0.2) is 5.82 Å². The van der Waals surface area contributed by atoms with Gasteiger partial charge in [0.05, 0.1) is 5.39 Å². The summed E-state index contributed by atoms with van der Waals surface area (Å²) in [7, 11) is 0. The molecule has 0 atom stereocenters. The van der Waals surface area contributed by atoms with Crippen molar-refractivity contribution in [3.05, 3.63) is 41.3 Å². The van der Waals surface area contributed by atoms with Crippen LogP contribution in [0.5, 0.6) is 0 Å². The Kier molecular flexibility index (Phi) is 2.33. The Morgan fingerprint density at radius 3 is 2.71 bits per heavy atom. The molecule has 0 fully saturated rings. The Morgan fingerprint density at radius 1 is 1.18 bits per heavy atom. The van der Waals surface area contributed by atoms with E-state index in [1.54, 1.807) is 17.7 Å². The molecular weight excluding hydrogens is 232 g/mol. The molecule has 3 heterocycles. The zero-order valence-corrected chi connectivity index (χ0v) is 10.5. The van der Waals surface area contributed by atoms with Crippen molar-refractivity contribution < 1.29 is 0 Å². The number of nitrogens with zero attached hydrogens (tertiary/aromatic N) is 3. The van der Waals surface area contributed by atoms with Crippen LogP contribution in [0.15, 0.2) is 30.9 Å². The zero-order valence-electron chi connectivity index (χ0n) is 9.64. The molecule has 0 aromatic carbocycles. The van der Waals surface area contributed by atoms with Crippen molar-refractivity contribution in [3.8, 4) is 0 Å². The van der Waals surface area contributed by atoms with Crippen LogP contribution in [0.2, 0.25) is 0 Å². The maximum Gasteiger partial charge on any atom is 0.157 e. The average Bonchev–Trinajstić information content (AvgIpc) is 2.90. The molecule has 3 rings (SSSR count). The topological polar surface area (TPSA) is 42.7 Å². The van der Waals surface area contributed by atoms with E-state index < -0.39 is 0 Å². The molecule has 17 heavy (non-hydrogen) atoms. The minimum absolute atomic E-state index is 0.855. The molecule has 3 aromatic rings. The highest BCUT2D eigenvalue weighted by molar-refractivity contribution is 7.18. The summed E-state index contributed by atoms with van der Waals surface area (Å²) in [5.41, 5.74) is 4.50. The second-order valence-corrected chi connectivity index (χ2v) is 5.09. The second kappa shape index (κ2) is 3.85. The summed E-state index contributed by atoms with van der Waals surface area (Å²) in [4.78, 5) is 11.0. The van der Waals surface area contributed by atoms with Crippen LogP contribution >= 0.6 is 11.3 Å². The lowest BCUT2D eigenvalue weighted by Crippen LogP contribution is -2.07. The largest absolute Gasteiger partial charge is 0.277 e. The fraction of sp³-hybridized carbons (Fsp3) is 0.167. The van der Waals surface area contributed by atoms with Gasteiger partial charge in [0.2, 0.25) is 0 Å². The predicted octanol–water partition coefficient (Wildman–Crippen LogP) is 2.98. The number of rotatable bonds is 2. The molecule has 5 heteroatoms. The van der Waals surface area contributed by atoms with E-state index in [9.17, 15) is 0 Å². The van der Waals surface area contributed by atoms with Gasteiger partial charge in [-0.15, -0.1) is 11.3 Å². The molecule has 0 spiro atoms. The van der Waals surface area contributed by atoms with E-state index in [4.69, 9.17) is 0 Å². The van der Waals surface area contributed by atoms with Gasteiger partial charge in [0.25, 0.3) is 0 Å². The average molecular weight is 244 g/mol. The van der Waals surface area contributed by atoms with Crippen molar-refractivity contribution in [2.24, 2.45) is 0 Å². The quantitative estimate of drug-likeness (QED) is 0.753. The number of anilines is 1. The molecule has 0 aliphatic rings. The smallest absolute Gasteiger partial charge is 0.157 e. The van der Waals surface area contributed by atoms with E-state index in [1.807, 2.05) is 29.2 Å². The third kappa shape index (κ3) is 1.68. The first kappa shape index (κ1) is 10.3. The Bertz CT molecular complexity index is 655. The van der Waals surface area contributed by atoms with Crippen molar-refractivity contribution in [2.45, 2.75) is 13.8 Å². The maximum absolute atomic E-state index is 4.32. The number of thiophene rings is 1. The SMILES string of the molecule is Cc1sc2ncnc(Nn3cccc3)c2c1C. The Morgan fingerprint density at radius 2 is 1.94 bits per heavy atom. The van der Waals surface area contributed by atoms with Gasteiger partial charge in [0.1, 0.15) is 11.2 Å². The first-order chi connectivity index (χ1) is 8.25. The van der Waals surface area contributed by atoms with Crippen LogP contribution in [0.3, 0.4) is 0 Å². The Balaban J connectivity index is 2.16. The van der Waals surface area contributed by atoms with E-state index in [-0.39, 0.29) is 0 Å². The summed E-state index contributed by atoms with van der Waals surface area (Å²) in [6, 6.07) is 3.94. The van der Waals surface area contributed by atoms with E-state index in [1.165, 1.54) is 10.4 Å². The third-order valence-electron chi connectivity index (χ3n) is 2.80. The van der Waals surface area contributed by atoms with Crippen LogP contribution in [-0.4, -0.2) is 14.6 Å². The van der Waals surface area contributed by atoms with Crippen molar-refractivity contribution >= 4 is 27.4 Å². The first-order valence-corrected chi connectivity index (χ1v) is 6.18.